The summed E-state index contributed by atoms with van der Waals surface area (Å²) in [6, 6.07) is 18.1. The fourth-order valence-corrected chi connectivity index (χ4v) is 3.23. The van der Waals surface area contributed by atoms with E-state index in [4.69, 9.17) is 0 Å². The number of benzene rings is 2. The molecule has 2 amide bonds. The maximum absolute atomic E-state index is 12.7. The van der Waals surface area contributed by atoms with Gasteiger partial charge >= 0.3 is 6.03 Å². The molecule has 0 spiro atoms. The predicted octanol–water partition coefficient (Wildman–Crippen LogP) is 3.27. The molecule has 1 N–H and O–H groups in total. The molecule has 0 bridgehead atoms. The molecule has 2 aromatic carbocycles. The number of amides is 2. The van der Waals surface area contributed by atoms with Crippen molar-refractivity contribution >= 4 is 6.03 Å². The molecule has 1 aromatic heterocycles. The summed E-state index contributed by atoms with van der Waals surface area (Å²) in [5.74, 6) is 0. The number of likely N-dealkylation sites (N-methyl/N-ethyl adjacent to an activating group) is 1. The number of hydrogen-bond donors (Lipinski definition) is 1. The van der Waals surface area contributed by atoms with Gasteiger partial charge in [-0.3, -0.25) is 0 Å². The van der Waals surface area contributed by atoms with Crippen molar-refractivity contribution in [2.45, 2.75) is 19.0 Å². The van der Waals surface area contributed by atoms with Gasteiger partial charge in [-0.15, -0.1) is 0 Å². The van der Waals surface area contributed by atoms with Crippen LogP contribution in [0.1, 0.15) is 30.1 Å². The first-order chi connectivity index (χ1) is 14.0. The fourth-order valence-electron chi connectivity index (χ4n) is 3.23. The number of hydrogen-bond acceptors (Lipinski definition) is 4. The second-order valence-electron chi connectivity index (χ2n) is 7.29. The molecule has 3 rings (SSSR count). The molecule has 0 aliphatic carbocycles. The van der Waals surface area contributed by atoms with Crippen molar-refractivity contribution in [3.63, 3.8) is 0 Å². The molecule has 0 aliphatic rings. The lowest BCUT2D eigenvalue weighted by Crippen LogP contribution is -2.42. The standard InChI is InChI=1S/C22H28N6O/c1-17(18-10-12-20(13-11-18)28-16-23-15-25-28)27(4)22(29)24-14-21(26(2)3)19-8-6-5-7-9-19/h5-13,15-17,21H,14H2,1-4H3,(H,24,29). The van der Waals surface area contributed by atoms with Crippen molar-refractivity contribution in [2.24, 2.45) is 0 Å². The number of urea groups is 1. The van der Waals surface area contributed by atoms with Crippen LogP contribution in [-0.2, 0) is 0 Å². The average Bonchev–Trinajstić information content (AvgIpc) is 3.28. The Bertz CT molecular complexity index is 893. The molecule has 7 nitrogen and oxygen atoms in total. The summed E-state index contributed by atoms with van der Waals surface area (Å²) in [5.41, 5.74) is 3.16. The number of aromatic nitrogens is 3. The highest BCUT2D eigenvalue weighted by Gasteiger charge is 2.20. The second-order valence-corrected chi connectivity index (χ2v) is 7.29. The molecule has 0 aliphatic heterocycles. The Kier molecular flexibility index (Phi) is 6.61. The zero-order valence-corrected chi connectivity index (χ0v) is 17.4. The van der Waals surface area contributed by atoms with E-state index in [0.717, 1.165) is 11.3 Å². The van der Waals surface area contributed by atoms with Crippen molar-refractivity contribution < 1.29 is 4.79 Å². The Morgan fingerprint density at radius 2 is 1.72 bits per heavy atom. The normalized spacial score (nSPS) is 13.1. The van der Waals surface area contributed by atoms with Gasteiger partial charge in [0.1, 0.15) is 12.7 Å². The van der Waals surface area contributed by atoms with Crippen molar-refractivity contribution in [3.8, 4) is 5.69 Å². The molecule has 0 radical (unpaired) electrons. The van der Waals surface area contributed by atoms with Crippen LogP contribution in [0.4, 0.5) is 4.79 Å². The molecular weight excluding hydrogens is 364 g/mol. The molecular formula is C22H28N6O. The number of carbonyl (C=O) groups is 1. The number of rotatable bonds is 7. The third-order valence-corrected chi connectivity index (χ3v) is 5.21. The van der Waals surface area contributed by atoms with Crippen molar-refractivity contribution in [2.75, 3.05) is 27.7 Å². The van der Waals surface area contributed by atoms with Crippen LogP contribution in [0.3, 0.4) is 0 Å². The number of carbonyl (C=O) groups excluding carboxylic acids is 1. The van der Waals surface area contributed by atoms with Gasteiger partial charge in [0.05, 0.1) is 17.8 Å². The molecule has 1 heterocycles. The molecule has 3 aromatic rings. The van der Waals surface area contributed by atoms with E-state index in [0.29, 0.717) is 6.54 Å². The van der Waals surface area contributed by atoms with E-state index in [1.807, 2.05) is 70.5 Å². The quantitative estimate of drug-likeness (QED) is 0.670. The minimum atomic E-state index is -0.0966. The summed E-state index contributed by atoms with van der Waals surface area (Å²) in [5, 5.41) is 7.20. The molecule has 2 unspecified atom stereocenters. The molecule has 0 saturated heterocycles. The van der Waals surface area contributed by atoms with Gasteiger partial charge in [-0.25, -0.2) is 14.5 Å². The largest absolute Gasteiger partial charge is 0.336 e. The third-order valence-electron chi connectivity index (χ3n) is 5.21. The third kappa shape index (κ3) is 5.00. The van der Waals surface area contributed by atoms with E-state index < -0.39 is 0 Å². The van der Waals surface area contributed by atoms with Crippen LogP contribution in [0.5, 0.6) is 0 Å². The molecule has 7 heteroatoms. The lowest BCUT2D eigenvalue weighted by molar-refractivity contribution is 0.189. The summed E-state index contributed by atoms with van der Waals surface area (Å²) in [4.78, 5) is 20.5. The SMILES string of the molecule is CC(c1ccc(-n2cncn2)cc1)N(C)C(=O)NCC(c1ccccc1)N(C)C. The first kappa shape index (κ1) is 20.5. The van der Waals surface area contributed by atoms with Crippen LogP contribution in [0.25, 0.3) is 5.69 Å². The summed E-state index contributed by atoms with van der Waals surface area (Å²) >= 11 is 0. The van der Waals surface area contributed by atoms with Crippen molar-refractivity contribution in [3.05, 3.63) is 78.4 Å². The molecule has 0 fully saturated rings. The highest BCUT2D eigenvalue weighted by atomic mass is 16.2. The lowest BCUT2D eigenvalue weighted by Gasteiger charge is -2.29. The van der Waals surface area contributed by atoms with E-state index in [9.17, 15) is 4.79 Å². The van der Waals surface area contributed by atoms with Crippen LogP contribution in [0.2, 0.25) is 0 Å². The topological polar surface area (TPSA) is 66.3 Å². The van der Waals surface area contributed by atoms with Crippen LogP contribution < -0.4 is 5.32 Å². The van der Waals surface area contributed by atoms with E-state index in [1.54, 1.807) is 15.9 Å². The van der Waals surface area contributed by atoms with Gasteiger partial charge in [0, 0.05) is 13.6 Å². The van der Waals surface area contributed by atoms with Gasteiger partial charge in [0.15, 0.2) is 0 Å². The Balaban J connectivity index is 1.61. The maximum Gasteiger partial charge on any atom is 0.317 e. The Hall–Kier alpha value is -3.19. The second kappa shape index (κ2) is 9.34. The van der Waals surface area contributed by atoms with E-state index in [1.165, 1.54) is 11.9 Å². The highest BCUT2D eigenvalue weighted by molar-refractivity contribution is 5.74. The predicted molar refractivity (Wildman–Crippen MR) is 114 cm³/mol. The molecule has 2 atom stereocenters. The monoisotopic (exact) mass is 392 g/mol. The van der Waals surface area contributed by atoms with Crippen LogP contribution in [-0.4, -0.2) is 58.3 Å². The smallest absolute Gasteiger partial charge is 0.317 e. The summed E-state index contributed by atoms with van der Waals surface area (Å²) in [6.07, 6.45) is 3.16. The average molecular weight is 393 g/mol. The van der Waals surface area contributed by atoms with Gasteiger partial charge in [0.25, 0.3) is 0 Å². The first-order valence-electron chi connectivity index (χ1n) is 9.64. The lowest BCUT2D eigenvalue weighted by atomic mass is 10.1. The fraction of sp³-hybridized carbons (Fsp3) is 0.318. The van der Waals surface area contributed by atoms with Gasteiger partial charge in [-0.1, -0.05) is 42.5 Å². The minimum absolute atomic E-state index is 0.0608. The summed E-state index contributed by atoms with van der Waals surface area (Å²) in [6.45, 7) is 2.56. The zero-order chi connectivity index (χ0) is 20.8. The Labute approximate surface area is 172 Å². The van der Waals surface area contributed by atoms with Crippen molar-refractivity contribution in [1.82, 2.24) is 29.9 Å². The zero-order valence-electron chi connectivity index (χ0n) is 17.4. The summed E-state index contributed by atoms with van der Waals surface area (Å²) in [7, 11) is 5.86. The van der Waals surface area contributed by atoms with Crippen LogP contribution in [0, 0.1) is 0 Å². The van der Waals surface area contributed by atoms with E-state index in [-0.39, 0.29) is 18.1 Å². The van der Waals surface area contributed by atoms with Crippen LogP contribution in [0.15, 0.2) is 67.3 Å². The maximum atomic E-state index is 12.7. The van der Waals surface area contributed by atoms with E-state index in [2.05, 4.69) is 32.4 Å². The van der Waals surface area contributed by atoms with Gasteiger partial charge in [0.2, 0.25) is 0 Å². The van der Waals surface area contributed by atoms with Crippen molar-refractivity contribution in [1.29, 1.82) is 0 Å². The number of nitrogens with one attached hydrogen (secondary N) is 1. The van der Waals surface area contributed by atoms with Gasteiger partial charge in [-0.05, 0) is 44.3 Å². The summed E-state index contributed by atoms with van der Waals surface area (Å²) < 4.78 is 1.70. The van der Waals surface area contributed by atoms with Crippen LogP contribution >= 0.6 is 0 Å². The number of nitrogens with zero attached hydrogens (tertiary/aromatic N) is 5. The molecule has 152 valence electrons. The van der Waals surface area contributed by atoms with Gasteiger partial charge < -0.3 is 15.1 Å². The first-order valence-corrected chi connectivity index (χ1v) is 9.64. The highest BCUT2D eigenvalue weighted by Crippen LogP contribution is 2.21. The molecule has 29 heavy (non-hydrogen) atoms. The minimum Gasteiger partial charge on any atom is -0.336 e. The molecule has 0 saturated carbocycles. The van der Waals surface area contributed by atoms with Gasteiger partial charge in [-0.2, -0.15) is 5.10 Å². The van der Waals surface area contributed by atoms with E-state index >= 15 is 0 Å². The Morgan fingerprint density at radius 1 is 1.03 bits per heavy atom. The Morgan fingerprint density at radius 3 is 2.31 bits per heavy atom.